The van der Waals surface area contributed by atoms with Crippen molar-refractivity contribution in [3.05, 3.63) is 28.8 Å². The highest BCUT2D eigenvalue weighted by molar-refractivity contribution is 5.96. The van der Waals surface area contributed by atoms with Crippen molar-refractivity contribution in [1.29, 1.82) is 0 Å². The molecule has 0 aromatic heterocycles. The number of methoxy groups -OCH3 is 1. The number of ether oxygens (including phenoxy) is 1. The van der Waals surface area contributed by atoms with Crippen molar-refractivity contribution in [2.24, 2.45) is 5.92 Å². The van der Waals surface area contributed by atoms with E-state index in [4.69, 9.17) is 10.5 Å². The zero-order valence-corrected chi connectivity index (χ0v) is 13.2. The topological polar surface area (TPSA) is 52.3 Å². The fourth-order valence-electron chi connectivity index (χ4n) is 2.54. The Bertz CT molecular complexity index is 455. The summed E-state index contributed by atoms with van der Waals surface area (Å²) in [6, 6.07) is 3.81. The highest BCUT2D eigenvalue weighted by Gasteiger charge is 2.16. The van der Waals surface area contributed by atoms with Crippen LogP contribution in [0.15, 0.2) is 12.1 Å². The summed E-state index contributed by atoms with van der Waals surface area (Å²) in [6.07, 6.45) is 5.98. The molecule has 0 aliphatic rings. The van der Waals surface area contributed by atoms with E-state index in [1.807, 2.05) is 13.0 Å². The van der Waals surface area contributed by atoms with Crippen LogP contribution in [-0.2, 0) is 11.2 Å². The lowest BCUT2D eigenvalue weighted by Crippen LogP contribution is -2.10. The van der Waals surface area contributed by atoms with Crippen molar-refractivity contribution in [2.45, 2.75) is 52.9 Å². The van der Waals surface area contributed by atoms with Crippen LogP contribution in [0.25, 0.3) is 0 Å². The monoisotopic (exact) mass is 277 g/mol. The van der Waals surface area contributed by atoms with Gasteiger partial charge in [-0.1, -0.05) is 45.6 Å². The average Bonchev–Trinajstić information content (AvgIpc) is 2.47. The van der Waals surface area contributed by atoms with Crippen LogP contribution < -0.4 is 5.73 Å². The molecule has 1 aromatic rings. The molecule has 0 fully saturated rings. The van der Waals surface area contributed by atoms with Gasteiger partial charge in [0.25, 0.3) is 0 Å². The maximum atomic E-state index is 11.6. The number of anilines is 1. The molecule has 0 radical (unpaired) electrons. The number of nitrogens with two attached hydrogens (primary N) is 1. The smallest absolute Gasteiger partial charge is 0.339 e. The Kier molecular flexibility index (Phi) is 6.56. The largest absolute Gasteiger partial charge is 0.465 e. The highest BCUT2D eigenvalue weighted by atomic mass is 16.5. The third-order valence-electron chi connectivity index (χ3n) is 4.08. The van der Waals surface area contributed by atoms with Crippen LogP contribution in [0.2, 0.25) is 0 Å². The van der Waals surface area contributed by atoms with Gasteiger partial charge in [0, 0.05) is 5.69 Å². The number of hydrogen-bond donors (Lipinski definition) is 1. The van der Waals surface area contributed by atoms with E-state index in [1.165, 1.54) is 38.4 Å². The molecule has 0 bridgehead atoms. The lowest BCUT2D eigenvalue weighted by Gasteiger charge is -2.18. The molecule has 0 spiro atoms. The minimum Gasteiger partial charge on any atom is -0.465 e. The molecular formula is C17H27NO2. The van der Waals surface area contributed by atoms with E-state index in [1.54, 1.807) is 6.07 Å². The second kappa shape index (κ2) is 7.93. The van der Waals surface area contributed by atoms with Crippen LogP contribution in [0.5, 0.6) is 0 Å². The van der Waals surface area contributed by atoms with E-state index >= 15 is 0 Å². The summed E-state index contributed by atoms with van der Waals surface area (Å²) in [4.78, 5) is 11.6. The SMILES string of the molecule is CCCCC(CC)Cc1ccc(C(=O)OC)c(N)c1C. The summed E-state index contributed by atoms with van der Waals surface area (Å²) >= 11 is 0. The molecule has 20 heavy (non-hydrogen) atoms. The van der Waals surface area contributed by atoms with E-state index in [9.17, 15) is 4.79 Å². The molecule has 1 rings (SSSR count). The quantitative estimate of drug-likeness (QED) is 0.602. The lowest BCUT2D eigenvalue weighted by molar-refractivity contribution is 0.0602. The number of esters is 1. The number of rotatable bonds is 7. The average molecular weight is 277 g/mol. The van der Waals surface area contributed by atoms with Crippen LogP contribution in [0.3, 0.4) is 0 Å². The molecule has 0 saturated heterocycles. The first-order chi connectivity index (χ1) is 9.54. The fourth-order valence-corrected chi connectivity index (χ4v) is 2.54. The first-order valence-electron chi connectivity index (χ1n) is 7.51. The molecule has 1 unspecified atom stereocenters. The summed E-state index contributed by atoms with van der Waals surface area (Å²) in [6.45, 7) is 6.45. The van der Waals surface area contributed by atoms with Gasteiger partial charge in [0.15, 0.2) is 0 Å². The van der Waals surface area contributed by atoms with Crippen LogP contribution in [-0.4, -0.2) is 13.1 Å². The van der Waals surface area contributed by atoms with Gasteiger partial charge >= 0.3 is 5.97 Å². The van der Waals surface area contributed by atoms with Crippen molar-refractivity contribution in [2.75, 3.05) is 12.8 Å². The van der Waals surface area contributed by atoms with Gasteiger partial charge in [-0.05, 0) is 36.5 Å². The zero-order valence-electron chi connectivity index (χ0n) is 13.2. The summed E-state index contributed by atoms with van der Waals surface area (Å²) in [5, 5.41) is 0. The molecule has 3 heteroatoms. The maximum absolute atomic E-state index is 11.6. The van der Waals surface area contributed by atoms with Gasteiger partial charge in [0.2, 0.25) is 0 Å². The molecule has 1 aromatic carbocycles. The minimum absolute atomic E-state index is 0.366. The van der Waals surface area contributed by atoms with Crippen LogP contribution in [0.1, 0.15) is 61.0 Å². The predicted molar refractivity (Wildman–Crippen MR) is 83.9 cm³/mol. The number of nitrogen functional groups attached to an aromatic ring is 1. The zero-order chi connectivity index (χ0) is 15.1. The van der Waals surface area contributed by atoms with Crippen molar-refractivity contribution >= 4 is 11.7 Å². The number of carbonyl (C=O) groups excluding carboxylic acids is 1. The third-order valence-corrected chi connectivity index (χ3v) is 4.08. The van der Waals surface area contributed by atoms with E-state index in [-0.39, 0.29) is 5.97 Å². The lowest BCUT2D eigenvalue weighted by atomic mass is 9.89. The third kappa shape index (κ3) is 3.99. The van der Waals surface area contributed by atoms with Crippen molar-refractivity contribution < 1.29 is 9.53 Å². The fraction of sp³-hybridized carbons (Fsp3) is 0.588. The van der Waals surface area contributed by atoms with E-state index in [0.717, 1.165) is 12.0 Å². The Hall–Kier alpha value is -1.51. The van der Waals surface area contributed by atoms with Gasteiger partial charge in [-0.15, -0.1) is 0 Å². The van der Waals surface area contributed by atoms with E-state index in [2.05, 4.69) is 13.8 Å². The molecule has 0 aliphatic carbocycles. The summed E-state index contributed by atoms with van der Waals surface area (Å²) in [7, 11) is 1.38. The van der Waals surface area contributed by atoms with Crippen LogP contribution in [0.4, 0.5) is 5.69 Å². The number of hydrogen-bond acceptors (Lipinski definition) is 3. The van der Waals surface area contributed by atoms with Crippen molar-refractivity contribution in [1.82, 2.24) is 0 Å². The van der Waals surface area contributed by atoms with Crippen LogP contribution in [0, 0.1) is 12.8 Å². The van der Waals surface area contributed by atoms with Gasteiger partial charge < -0.3 is 10.5 Å². The van der Waals surface area contributed by atoms with E-state index in [0.29, 0.717) is 17.2 Å². The van der Waals surface area contributed by atoms with Crippen molar-refractivity contribution in [3.8, 4) is 0 Å². The summed E-state index contributed by atoms with van der Waals surface area (Å²) < 4.78 is 4.75. The van der Waals surface area contributed by atoms with Gasteiger partial charge in [0.1, 0.15) is 0 Å². The first kappa shape index (κ1) is 16.5. The van der Waals surface area contributed by atoms with Gasteiger partial charge in [-0.2, -0.15) is 0 Å². The van der Waals surface area contributed by atoms with Gasteiger partial charge in [-0.3, -0.25) is 0 Å². The molecule has 3 nitrogen and oxygen atoms in total. The molecular weight excluding hydrogens is 250 g/mol. The molecule has 0 saturated carbocycles. The van der Waals surface area contributed by atoms with Crippen LogP contribution >= 0.6 is 0 Å². The standard InChI is InChI=1S/C17H27NO2/c1-5-7-8-13(6-2)11-14-9-10-15(17(19)20-4)16(18)12(14)3/h9-10,13H,5-8,11,18H2,1-4H3. The Labute approximate surface area is 122 Å². The Morgan fingerprint density at radius 1 is 1.35 bits per heavy atom. The first-order valence-corrected chi connectivity index (χ1v) is 7.51. The summed E-state index contributed by atoms with van der Waals surface area (Å²) in [5.74, 6) is 0.326. The molecule has 0 heterocycles. The number of benzene rings is 1. The molecule has 0 aliphatic heterocycles. The molecule has 112 valence electrons. The number of carbonyl (C=O) groups is 1. The number of unbranched alkanes of at least 4 members (excludes halogenated alkanes) is 1. The van der Waals surface area contributed by atoms with Gasteiger partial charge in [0.05, 0.1) is 12.7 Å². The maximum Gasteiger partial charge on any atom is 0.339 e. The molecule has 0 amide bonds. The second-order valence-corrected chi connectivity index (χ2v) is 5.42. The second-order valence-electron chi connectivity index (χ2n) is 5.42. The van der Waals surface area contributed by atoms with E-state index < -0.39 is 0 Å². The van der Waals surface area contributed by atoms with Gasteiger partial charge in [-0.25, -0.2) is 4.79 Å². The minimum atomic E-state index is -0.366. The normalized spacial score (nSPS) is 12.2. The molecule has 1 atom stereocenters. The Morgan fingerprint density at radius 3 is 2.60 bits per heavy atom. The molecule has 2 N–H and O–H groups in total. The summed E-state index contributed by atoms with van der Waals surface area (Å²) in [5.41, 5.74) is 9.36. The van der Waals surface area contributed by atoms with Crippen molar-refractivity contribution in [3.63, 3.8) is 0 Å². The Balaban J connectivity index is 2.91. The Morgan fingerprint density at radius 2 is 2.05 bits per heavy atom. The predicted octanol–water partition coefficient (Wildman–Crippen LogP) is 4.12. The highest BCUT2D eigenvalue weighted by Crippen LogP contribution is 2.26.